The predicted octanol–water partition coefficient (Wildman–Crippen LogP) is 19.7. The fourth-order valence-electron chi connectivity index (χ4n) is 10.7. The average molecular weight is 1280 g/mol. The van der Waals surface area contributed by atoms with Crippen molar-refractivity contribution in [2.45, 2.75) is 339 Å². The lowest BCUT2D eigenvalue weighted by Crippen LogP contribution is -2.61. The molecule has 11 nitrogen and oxygen atoms in total. The van der Waals surface area contributed by atoms with Gasteiger partial charge < -0.3 is 45.1 Å². The maximum atomic E-state index is 13.5. The molecule has 8 atom stereocenters. The van der Waals surface area contributed by atoms with Crippen molar-refractivity contribution in [3.63, 3.8) is 0 Å². The standard InChI is InChI=1S/C81H135NO10/c1-4-7-10-13-16-19-22-25-27-29-31-33-35-37-38-39-41-43-45-47-49-51-54-57-60-63-66-69-76(86)92-79-78(88)77(87)75(70-83)91-81(79)90-71-72(73(84)67-64-61-58-55-52-24-21-18-15-12-9-6-3)82-80(89)74(85)68-65-62-59-56-53-50-48-46-44-42-40-36-34-32-30-28-26-23-20-17-14-11-8-5-2/h7-8,10-11,16-17,19-20,25-28,31-34,37-38,40-43,64,67,72-75,77-79,81,83-85,87-88H,4-6,9,12-15,18,21-24,29-30,35-36,39,44-63,65-66,68-71H2,1-3H3,(H,82,89)/b10-7-,11-8-,19-16-,20-17-,27-25-,28-26-,33-31-,34-32-,38-37-,42-40-,43-41-,67-64+. The second kappa shape index (κ2) is 66.6. The molecule has 1 aliphatic rings. The van der Waals surface area contributed by atoms with E-state index in [-0.39, 0.29) is 19.4 Å². The number of rotatable bonds is 62. The van der Waals surface area contributed by atoms with E-state index in [1.807, 2.05) is 6.08 Å². The Bertz CT molecular complexity index is 2060. The molecule has 1 fully saturated rings. The Morgan fingerprint density at radius 2 is 0.783 bits per heavy atom. The predicted molar refractivity (Wildman–Crippen MR) is 388 cm³/mol. The van der Waals surface area contributed by atoms with Gasteiger partial charge in [0.1, 0.15) is 24.4 Å². The Kier molecular flexibility index (Phi) is 61.9. The monoisotopic (exact) mass is 1280 g/mol. The molecule has 1 amide bonds. The number of aliphatic hydroxyl groups excluding tert-OH is 5. The summed E-state index contributed by atoms with van der Waals surface area (Å²) < 4.78 is 17.7. The largest absolute Gasteiger partial charge is 0.454 e. The van der Waals surface area contributed by atoms with Crippen LogP contribution in [0.1, 0.15) is 290 Å². The molecular formula is C81H135NO10. The number of aliphatic hydroxyl groups is 5. The SMILES string of the molecule is CC/C=C\C/C=C\C/C=C\C/C=C\C/C=C\C/C=C\CCCCCCCCCCC(=O)OC1C(OCC(NC(=O)C(O)CCCCCCCCCC/C=C\C/C=C\C/C=C\C/C=C\C/C=C\CC)C(O)/C=C/CCCCCCCCCCCC)OC(CO)C(O)C1O. The zero-order valence-electron chi connectivity index (χ0n) is 58.4. The summed E-state index contributed by atoms with van der Waals surface area (Å²) >= 11 is 0. The molecule has 1 aliphatic heterocycles. The van der Waals surface area contributed by atoms with Gasteiger partial charge in [0.15, 0.2) is 12.4 Å². The highest BCUT2D eigenvalue weighted by atomic mass is 16.7. The number of carbonyl (C=O) groups excluding carboxylic acids is 2. The average Bonchev–Trinajstić information content (AvgIpc) is 0.875. The normalized spacial score (nSPS) is 18.8. The Hall–Kier alpha value is -4.46. The van der Waals surface area contributed by atoms with Gasteiger partial charge in [-0.05, 0) is 122 Å². The Labute approximate surface area is 562 Å². The van der Waals surface area contributed by atoms with Gasteiger partial charge in [0.05, 0.1) is 25.4 Å². The summed E-state index contributed by atoms with van der Waals surface area (Å²) in [5.74, 6) is -1.22. The van der Waals surface area contributed by atoms with Gasteiger partial charge >= 0.3 is 5.97 Å². The van der Waals surface area contributed by atoms with Crippen molar-refractivity contribution in [1.29, 1.82) is 0 Å². The minimum Gasteiger partial charge on any atom is -0.454 e. The van der Waals surface area contributed by atoms with Gasteiger partial charge in [0, 0.05) is 6.42 Å². The molecule has 0 aromatic rings. The van der Waals surface area contributed by atoms with Gasteiger partial charge in [-0.25, -0.2) is 0 Å². The molecule has 8 unspecified atom stereocenters. The summed E-state index contributed by atoms with van der Waals surface area (Å²) in [6.07, 6.45) is 85.9. The summed E-state index contributed by atoms with van der Waals surface area (Å²) in [6.45, 7) is 5.57. The summed E-state index contributed by atoms with van der Waals surface area (Å²) in [5.41, 5.74) is 0. The summed E-state index contributed by atoms with van der Waals surface area (Å²) in [7, 11) is 0. The van der Waals surface area contributed by atoms with E-state index >= 15 is 0 Å². The van der Waals surface area contributed by atoms with Crippen LogP contribution in [0.15, 0.2) is 146 Å². The Morgan fingerprint density at radius 3 is 1.17 bits per heavy atom. The number of allylic oxidation sites excluding steroid dienone is 23. The lowest BCUT2D eigenvalue weighted by Gasteiger charge is -2.41. The zero-order valence-corrected chi connectivity index (χ0v) is 58.4. The van der Waals surface area contributed by atoms with Crippen LogP contribution in [0.4, 0.5) is 0 Å². The summed E-state index contributed by atoms with van der Waals surface area (Å²) in [4.78, 5) is 26.7. The number of carbonyl (C=O) groups is 2. The molecule has 1 saturated heterocycles. The van der Waals surface area contributed by atoms with Gasteiger partial charge in [-0.15, -0.1) is 0 Å². The minimum atomic E-state index is -1.63. The first-order valence-corrected chi connectivity index (χ1v) is 37.1. The molecule has 0 aliphatic carbocycles. The number of nitrogens with one attached hydrogen (secondary N) is 1. The van der Waals surface area contributed by atoms with Crippen molar-refractivity contribution < 1.29 is 49.3 Å². The maximum absolute atomic E-state index is 13.5. The van der Waals surface area contributed by atoms with Crippen LogP contribution in [0, 0.1) is 0 Å². The fourth-order valence-corrected chi connectivity index (χ4v) is 10.7. The van der Waals surface area contributed by atoms with Gasteiger partial charge in [-0.2, -0.15) is 0 Å². The third kappa shape index (κ3) is 52.9. The summed E-state index contributed by atoms with van der Waals surface area (Å²) in [5, 5.41) is 57.3. The second-order valence-corrected chi connectivity index (χ2v) is 24.9. The topological polar surface area (TPSA) is 175 Å². The Balaban J connectivity index is 2.57. The zero-order chi connectivity index (χ0) is 66.7. The molecule has 0 aromatic carbocycles. The molecule has 1 heterocycles. The van der Waals surface area contributed by atoms with Crippen molar-refractivity contribution >= 4 is 11.9 Å². The molecule has 11 heteroatoms. The van der Waals surface area contributed by atoms with E-state index in [0.717, 1.165) is 161 Å². The van der Waals surface area contributed by atoms with Crippen molar-refractivity contribution in [1.82, 2.24) is 5.32 Å². The van der Waals surface area contributed by atoms with Crippen LogP contribution in [0.3, 0.4) is 0 Å². The summed E-state index contributed by atoms with van der Waals surface area (Å²) in [6, 6.07) is -1.04. The van der Waals surface area contributed by atoms with Crippen molar-refractivity contribution in [3.8, 4) is 0 Å². The van der Waals surface area contributed by atoms with Gasteiger partial charge in [0.2, 0.25) is 5.91 Å². The fraction of sp³-hybridized carbons (Fsp3) is 0.679. The molecule has 0 aromatic heterocycles. The van der Waals surface area contributed by atoms with Gasteiger partial charge in [0.25, 0.3) is 0 Å². The van der Waals surface area contributed by atoms with E-state index in [1.165, 1.54) is 83.5 Å². The van der Waals surface area contributed by atoms with Crippen molar-refractivity contribution in [2.75, 3.05) is 13.2 Å². The molecule has 0 radical (unpaired) electrons. The number of hydrogen-bond acceptors (Lipinski definition) is 10. The smallest absolute Gasteiger partial charge is 0.306 e. The number of hydrogen-bond donors (Lipinski definition) is 6. The van der Waals surface area contributed by atoms with Crippen LogP contribution >= 0.6 is 0 Å². The molecule has 0 saturated carbocycles. The molecule has 6 N–H and O–H groups in total. The number of unbranched alkanes of at least 4 members (excludes halogenated alkanes) is 26. The number of ether oxygens (including phenoxy) is 3. The van der Waals surface area contributed by atoms with E-state index in [0.29, 0.717) is 12.8 Å². The Morgan fingerprint density at radius 1 is 0.435 bits per heavy atom. The second-order valence-electron chi connectivity index (χ2n) is 24.9. The first-order chi connectivity index (χ1) is 45.2. The van der Waals surface area contributed by atoms with Gasteiger partial charge in [-0.1, -0.05) is 308 Å². The van der Waals surface area contributed by atoms with Crippen molar-refractivity contribution in [3.05, 3.63) is 146 Å². The number of esters is 1. The third-order valence-electron chi connectivity index (χ3n) is 16.5. The van der Waals surface area contributed by atoms with E-state index in [2.05, 4.69) is 160 Å². The van der Waals surface area contributed by atoms with Crippen LogP contribution in [0.5, 0.6) is 0 Å². The first kappa shape index (κ1) is 85.6. The van der Waals surface area contributed by atoms with Crippen LogP contribution in [0.25, 0.3) is 0 Å². The van der Waals surface area contributed by atoms with Crippen LogP contribution < -0.4 is 5.32 Å². The molecule has 0 bridgehead atoms. The highest BCUT2D eigenvalue weighted by Gasteiger charge is 2.47. The van der Waals surface area contributed by atoms with Crippen LogP contribution in [-0.4, -0.2) is 99.6 Å². The molecule has 0 spiro atoms. The highest BCUT2D eigenvalue weighted by molar-refractivity contribution is 5.80. The van der Waals surface area contributed by atoms with Gasteiger partial charge in [-0.3, -0.25) is 9.59 Å². The third-order valence-corrected chi connectivity index (χ3v) is 16.5. The lowest BCUT2D eigenvalue weighted by atomic mass is 9.99. The maximum Gasteiger partial charge on any atom is 0.306 e. The van der Waals surface area contributed by atoms with E-state index in [4.69, 9.17) is 14.2 Å². The quantitative estimate of drug-likeness (QED) is 0.0195. The van der Waals surface area contributed by atoms with E-state index in [9.17, 15) is 35.1 Å². The first-order valence-electron chi connectivity index (χ1n) is 37.1. The molecule has 524 valence electrons. The van der Waals surface area contributed by atoms with E-state index in [1.54, 1.807) is 6.08 Å². The lowest BCUT2D eigenvalue weighted by molar-refractivity contribution is -0.305. The van der Waals surface area contributed by atoms with Crippen LogP contribution in [0.2, 0.25) is 0 Å². The molecule has 1 rings (SSSR count). The van der Waals surface area contributed by atoms with E-state index < -0.39 is 67.4 Å². The number of amides is 1. The minimum absolute atomic E-state index is 0.105. The van der Waals surface area contributed by atoms with Crippen molar-refractivity contribution in [2.24, 2.45) is 0 Å². The highest BCUT2D eigenvalue weighted by Crippen LogP contribution is 2.26. The molecular weight excluding hydrogens is 1150 g/mol. The van der Waals surface area contributed by atoms with Crippen LogP contribution in [-0.2, 0) is 23.8 Å². The molecule has 92 heavy (non-hydrogen) atoms.